The molecule has 1 saturated carbocycles. The van der Waals surface area contributed by atoms with Crippen molar-refractivity contribution in [3.8, 4) is 0 Å². The quantitative estimate of drug-likeness (QED) is 0.556. The van der Waals surface area contributed by atoms with Crippen molar-refractivity contribution in [3.05, 3.63) is 35.9 Å². The van der Waals surface area contributed by atoms with Gasteiger partial charge in [-0.25, -0.2) is 0 Å². The lowest BCUT2D eigenvalue weighted by molar-refractivity contribution is -0.131. The number of unbranched alkanes of at least 4 members (excludes halogenated alkanes) is 1. The molecule has 2 fully saturated rings. The number of piperidine rings is 1. The van der Waals surface area contributed by atoms with E-state index in [2.05, 4.69) is 17.1 Å². The molecule has 29 heavy (non-hydrogen) atoms. The van der Waals surface area contributed by atoms with Crippen molar-refractivity contribution in [2.24, 2.45) is 17.6 Å². The normalized spacial score (nSPS) is 27.1. The van der Waals surface area contributed by atoms with Crippen LogP contribution in [0.3, 0.4) is 0 Å². The molecular weight excluding hydrogens is 362 g/mol. The van der Waals surface area contributed by atoms with Crippen LogP contribution in [0.15, 0.2) is 30.3 Å². The molecule has 0 unspecified atom stereocenters. The Morgan fingerprint density at radius 2 is 1.97 bits per heavy atom. The van der Waals surface area contributed by atoms with Gasteiger partial charge in [0.05, 0.1) is 12.1 Å². The number of hydrogen-bond donors (Lipinski definition) is 3. The number of aliphatic hydroxyl groups excluding tert-OH is 1. The number of nitrogens with two attached hydrogens (primary N) is 1. The third-order valence-corrected chi connectivity index (χ3v) is 6.86. The van der Waals surface area contributed by atoms with Crippen molar-refractivity contribution in [3.63, 3.8) is 0 Å². The minimum atomic E-state index is -0.638. The van der Waals surface area contributed by atoms with Gasteiger partial charge in [0.15, 0.2) is 0 Å². The topological polar surface area (TPSA) is 78.6 Å². The summed E-state index contributed by atoms with van der Waals surface area (Å²) in [7, 11) is 0. The predicted molar refractivity (Wildman–Crippen MR) is 117 cm³/mol. The molecule has 2 aliphatic rings. The zero-order valence-electron chi connectivity index (χ0n) is 17.9. The number of amides is 1. The van der Waals surface area contributed by atoms with E-state index in [0.29, 0.717) is 24.8 Å². The van der Waals surface area contributed by atoms with Gasteiger partial charge in [-0.05, 0) is 43.1 Å². The molecule has 5 heteroatoms. The third-order valence-electron chi connectivity index (χ3n) is 6.86. The number of aliphatic hydroxyl groups is 1. The second-order valence-electron chi connectivity index (χ2n) is 9.08. The second-order valence-corrected chi connectivity index (χ2v) is 9.08. The van der Waals surface area contributed by atoms with Gasteiger partial charge in [-0.15, -0.1) is 0 Å². The Morgan fingerprint density at radius 1 is 1.24 bits per heavy atom. The van der Waals surface area contributed by atoms with Crippen LogP contribution < -0.4 is 11.1 Å². The first-order valence-electron chi connectivity index (χ1n) is 11.6. The molecule has 4 N–H and O–H groups in total. The van der Waals surface area contributed by atoms with E-state index >= 15 is 0 Å². The van der Waals surface area contributed by atoms with E-state index in [-0.39, 0.29) is 18.0 Å². The van der Waals surface area contributed by atoms with Gasteiger partial charge >= 0.3 is 0 Å². The molecule has 1 aromatic rings. The number of rotatable bonds is 9. The molecule has 1 saturated heterocycles. The Morgan fingerprint density at radius 3 is 2.69 bits per heavy atom. The summed E-state index contributed by atoms with van der Waals surface area (Å²) in [6.07, 6.45) is 8.08. The van der Waals surface area contributed by atoms with Crippen LogP contribution >= 0.6 is 0 Å². The molecule has 0 bridgehead atoms. The molecule has 0 spiro atoms. The van der Waals surface area contributed by atoms with Gasteiger partial charge in [-0.3, -0.25) is 9.69 Å². The lowest BCUT2D eigenvalue weighted by atomic mass is 9.72. The fourth-order valence-corrected chi connectivity index (χ4v) is 5.08. The van der Waals surface area contributed by atoms with Gasteiger partial charge in [0.2, 0.25) is 5.91 Å². The monoisotopic (exact) mass is 401 g/mol. The van der Waals surface area contributed by atoms with Gasteiger partial charge in [-0.1, -0.05) is 62.9 Å². The van der Waals surface area contributed by atoms with Gasteiger partial charge in [-0.2, -0.15) is 0 Å². The highest BCUT2D eigenvalue weighted by molar-refractivity contribution is 5.81. The molecule has 1 aliphatic heterocycles. The molecule has 162 valence electrons. The van der Waals surface area contributed by atoms with Crippen molar-refractivity contribution in [2.75, 3.05) is 19.6 Å². The summed E-state index contributed by atoms with van der Waals surface area (Å²) in [6.45, 7) is 4.26. The first kappa shape index (κ1) is 22.3. The van der Waals surface area contributed by atoms with E-state index in [4.69, 9.17) is 5.73 Å². The van der Waals surface area contributed by atoms with Gasteiger partial charge in [0.25, 0.3) is 0 Å². The zero-order valence-corrected chi connectivity index (χ0v) is 17.9. The van der Waals surface area contributed by atoms with Crippen LogP contribution in [0.4, 0.5) is 0 Å². The maximum absolute atomic E-state index is 12.9. The largest absolute Gasteiger partial charge is 0.390 e. The average molecular weight is 402 g/mol. The fourth-order valence-electron chi connectivity index (χ4n) is 5.08. The number of fused-ring (bicyclic) bond motifs is 1. The number of benzene rings is 1. The van der Waals surface area contributed by atoms with Crippen molar-refractivity contribution in [1.29, 1.82) is 0 Å². The Kier molecular flexibility index (Phi) is 8.52. The van der Waals surface area contributed by atoms with Crippen molar-refractivity contribution >= 4 is 5.91 Å². The van der Waals surface area contributed by atoms with Crippen LogP contribution in [0.2, 0.25) is 0 Å². The molecule has 0 aromatic heterocycles. The molecule has 3 rings (SSSR count). The van der Waals surface area contributed by atoms with Crippen LogP contribution in [0.1, 0.15) is 57.4 Å². The molecule has 5 atom stereocenters. The van der Waals surface area contributed by atoms with E-state index in [9.17, 15) is 9.90 Å². The summed E-state index contributed by atoms with van der Waals surface area (Å²) in [6, 6.07) is 9.61. The smallest absolute Gasteiger partial charge is 0.237 e. The molecule has 1 amide bonds. The highest BCUT2D eigenvalue weighted by atomic mass is 16.3. The van der Waals surface area contributed by atoms with Crippen LogP contribution in [0.25, 0.3) is 0 Å². The number of likely N-dealkylation sites (tertiary alicyclic amines) is 1. The average Bonchev–Trinajstić information content (AvgIpc) is 2.74. The first-order chi connectivity index (χ1) is 14.1. The summed E-state index contributed by atoms with van der Waals surface area (Å²) in [5.41, 5.74) is 7.48. The molecule has 5 nitrogen and oxygen atoms in total. The molecule has 0 radical (unpaired) electrons. The number of nitrogens with one attached hydrogen (secondary N) is 1. The first-order valence-corrected chi connectivity index (χ1v) is 11.6. The van der Waals surface area contributed by atoms with Crippen molar-refractivity contribution in [2.45, 2.75) is 76.5 Å². The molecular formula is C24H39N3O2. The number of carbonyl (C=O) groups excluding carboxylic acids is 1. The SMILES string of the molecule is CCCCNC(=O)[C@@H]1C[C@@H]2CCCC[C@@H]2CN1C[C@@H](O)[C@@H](N)Cc1ccccc1. The molecule has 1 heterocycles. The van der Waals surface area contributed by atoms with Crippen molar-refractivity contribution < 1.29 is 9.90 Å². The summed E-state index contributed by atoms with van der Waals surface area (Å²) in [5, 5.41) is 14.0. The minimum absolute atomic E-state index is 0.131. The maximum Gasteiger partial charge on any atom is 0.237 e. The summed E-state index contributed by atoms with van der Waals surface area (Å²) < 4.78 is 0. The number of β-amino-alcohol motifs (C(OH)–C–C–N with tert-alkyl or cyclic N) is 1. The maximum atomic E-state index is 12.9. The zero-order chi connectivity index (χ0) is 20.6. The summed E-state index contributed by atoms with van der Waals surface area (Å²) in [4.78, 5) is 15.2. The minimum Gasteiger partial charge on any atom is -0.390 e. The summed E-state index contributed by atoms with van der Waals surface area (Å²) >= 11 is 0. The standard InChI is InChI=1S/C24H39N3O2/c1-2-3-13-26-24(29)22-15-19-11-7-8-12-20(19)16-27(22)17-23(28)21(25)14-18-9-5-4-6-10-18/h4-6,9-10,19-23,28H,2-3,7-8,11-17,25H2,1H3,(H,26,29)/t19-,20+,21-,22-,23+/m0/s1. The fraction of sp³-hybridized carbons (Fsp3) is 0.708. The molecule has 1 aliphatic carbocycles. The van der Waals surface area contributed by atoms with Crippen LogP contribution in [-0.2, 0) is 11.2 Å². The van der Waals surface area contributed by atoms with E-state index < -0.39 is 6.10 Å². The lowest BCUT2D eigenvalue weighted by Crippen LogP contribution is -2.58. The van der Waals surface area contributed by atoms with Crippen molar-refractivity contribution in [1.82, 2.24) is 10.2 Å². The Hall–Kier alpha value is -1.43. The van der Waals surface area contributed by atoms with E-state index in [1.807, 2.05) is 30.3 Å². The Balaban J connectivity index is 1.62. The Labute approximate surface area is 176 Å². The van der Waals surface area contributed by atoms with Gasteiger partial charge < -0.3 is 16.2 Å². The number of nitrogens with zero attached hydrogens (tertiary/aromatic N) is 1. The lowest BCUT2D eigenvalue weighted by Gasteiger charge is -2.46. The number of hydrogen-bond acceptors (Lipinski definition) is 4. The highest BCUT2D eigenvalue weighted by Crippen LogP contribution is 2.38. The van der Waals surface area contributed by atoms with Gasteiger partial charge in [0, 0.05) is 25.7 Å². The van der Waals surface area contributed by atoms with Crippen LogP contribution in [0, 0.1) is 11.8 Å². The van der Waals surface area contributed by atoms with Gasteiger partial charge in [0.1, 0.15) is 0 Å². The highest BCUT2D eigenvalue weighted by Gasteiger charge is 2.40. The summed E-state index contributed by atoms with van der Waals surface area (Å²) in [5.74, 6) is 1.43. The number of carbonyl (C=O) groups is 1. The van der Waals surface area contributed by atoms with Crippen LogP contribution in [-0.4, -0.2) is 53.7 Å². The Bertz CT molecular complexity index is 624. The van der Waals surface area contributed by atoms with E-state index in [1.165, 1.54) is 25.7 Å². The molecule has 1 aromatic carbocycles. The van der Waals surface area contributed by atoms with E-state index in [0.717, 1.165) is 37.9 Å². The predicted octanol–water partition coefficient (Wildman–Crippen LogP) is 2.71. The van der Waals surface area contributed by atoms with E-state index in [1.54, 1.807) is 0 Å². The third kappa shape index (κ3) is 6.27. The van der Waals surface area contributed by atoms with Crippen LogP contribution in [0.5, 0.6) is 0 Å². The second kappa shape index (κ2) is 11.1.